The van der Waals surface area contributed by atoms with E-state index in [0.29, 0.717) is 42.7 Å². The maximum atomic E-state index is 12.9. The molecule has 1 aliphatic carbocycles. The number of benzene rings is 1. The zero-order chi connectivity index (χ0) is 19.1. The molecule has 2 saturated heterocycles. The van der Waals surface area contributed by atoms with Gasteiger partial charge in [-0.05, 0) is 56.9 Å². The van der Waals surface area contributed by atoms with Crippen LogP contribution in [0, 0.1) is 11.3 Å². The van der Waals surface area contributed by atoms with E-state index in [1.54, 1.807) is 12.1 Å². The second-order valence-electron chi connectivity index (χ2n) is 7.86. The number of para-hydroxylation sites is 1. The molecule has 0 aromatic heterocycles. The van der Waals surface area contributed by atoms with Gasteiger partial charge in [-0.2, -0.15) is 0 Å². The SMILES string of the molecule is CNS(=O)(=O)c1ccccc1N1CCN(C(=O)C2CC23CCNCC3)CC1.Cl.Cl. The summed E-state index contributed by atoms with van der Waals surface area (Å²) in [4.78, 5) is 17.3. The summed E-state index contributed by atoms with van der Waals surface area (Å²) in [6, 6.07) is 7.06. The summed E-state index contributed by atoms with van der Waals surface area (Å²) in [5.41, 5.74) is 0.965. The van der Waals surface area contributed by atoms with Crippen LogP contribution in [0.25, 0.3) is 0 Å². The van der Waals surface area contributed by atoms with Crippen LogP contribution in [-0.2, 0) is 14.8 Å². The Kier molecular flexibility index (Phi) is 7.84. The third kappa shape index (κ3) is 4.66. The molecule has 1 aromatic rings. The number of halogens is 2. The van der Waals surface area contributed by atoms with Crippen LogP contribution in [0.15, 0.2) is 29.2 Å². The highest BCUT2D eigenvalue weighted by Gasteiger charge is 2.58. The smallest absolute Gasteiger partial charge is 0.242 e. The van der Waals surface area contributed by atoms with Gasteiger partial charge in [0.1, 0.15) is 4.90 Å². The summed E-state index contributed by atoms with van der Waals surface area (Å²) < 4.78 is 27.0. The van der Waals surface area contributed by atoms with Gasteiger partial charge in [0, 0.05) is 32.1 Å². The molecule has 4 rings (SSSR count). The van der Waals surface area contributed by atoms with E-state index in [0.717, 1.165) is 32.4 Å². The first-order chi connectivity index (χ1) is 13.0. The van der Waals surface area contributed by atoms with Crippen LogP contribution < -0.4 is 14.9 Å². The number of anilines is 1. The molecule has 1 unspecified atom stereocenters. The Hall–Kier alpha value is -1.06. The van der Waals surface area contributed by atoms with Gasteiger partial charge in [0.15, 0.2) is 0 Å². The number of amides is 1. The van der Waals surface area contributed by atoms with E-state index >= 15 is 0 Å². The summed E-state index contributed by atoms with van der Waals surface area (Å²) in [7, 11) is -2.08. The Balaban J connectivity index is 0.00000150. The van der Waals surface area contributed by atoms with Gasteiger partial charge in [0.05, 0.1) is 5.69 Å². The molecule has 164 valence electrons. The van der Waals surface area contributed by atoms with Gasteiger partial charge in [-0.15, -0.1) is 24.8 Å². The van der Waals surface area contributed by atoms with Crippen molar-refractivity contribution in [2.24, 2.45) is 11.3 Å². The normalized spacial score (nSPS) is 23.1. The number of carbonyl (C=O) groups is 1. The van der Waals surface area contributed by atoms with Crippen LogP contribution in [-0.4, -0.2) is 65.5 Å². The van der Waals surface area contributed by atoms with E-state index in [4.69, 9.17) is 0 Å². The van der Waals surface area contributed by atoms with E-state index in [2.05, 4.69) is 14.9 Å². The topological polar surface area (TPSA) is 81.8 Å². The fourth-order valence-electron chi connectivity index (χ4n) is 4.62. The summed E-state index contributed by atoms with van der Waals surface area (Å²) in [6.45, 7) is 4.66. The quantitative estimate of drug-likeness (QED) is 0.704. The molecule has 0 radical (unpaired) electrons. The molecule has 1 amide bonds. The number of piperidine rings is 1. The minimum Gasteiger partial charge on any atom is -0.367 e. The Morgan fingerprint density at radius 2 is 1.72 bits per heavy atom. The molecule has 3 fully saturated rings. The van der Waals surface area contributed by atoms with Crippen molar-refractivity contribution < 1.29 is 13.2 Å². The Bertz CT molecular complexity index is 822. The number of nitrogens with one attached hydrogen (secondary N) is 2. The molecule has 2 aliphatic heterocycles. The number of hydrogen-bond acceptors (Lipinski definition) is 5. The van der Waals surface area contributed by atoms with Crippen LogP contribution >= 0.6 is 24.8 Å². The zero-order valence-corrected chi connectivity index (χ0v) is 19.0. The van der Waals surface area contributed by atoms with Gasteiger partial charge in [-0.3, -0.25) is 4.79 Å². The molecule has 7 nitrogen and oxygen atoms in total. The first-order valence-electron chi connectivity index (χ1n) is 9.74. The molecule has 29 heavy (non-hydrogen) atoms. The average molecular weight is 465 g/mol. The lowest BCUT2D eigenvalue weighted by atomic mass is 9.91. The lowest BCUT2D eigenvalue weighted by molar-refractivity contribution is -0.133. The molecule has 10 heteroatoms. The van der Waals surface area contributed by atoms with Crippen LogP contribution in [0.2, 0.25) is 0 Å². The van der Waals surface area contributed by atoms with Gasteiger partial charge in [0.2, 0.25) is 15.9 Å². The summed E-state index contributed by atoms with van der Waals surface area (Å²) >= 11 is 0. The predicted octanol–water partition coefficient (Wildman–Crippen LogP) is 1.48. The summed E-state index contributed by atoms with van der Waals surface area (Å²) in [6.07, 6.45) is 3.26. The average Bonchev–Trinajstić information content (AvgIpc) is 3.40. The van der Waals surface area contributed by atoms with Gasteiger partial charge in [-0.25, -0.2) is 13.1 Å². The molecule has 3 aliphatic rings. The maximum absolute atomic E-state index is 12.9. The first-order valence-corrected chi connectivity index (χ1v) is 11.2. The van der Waals surface area contributed by atoms with Crippen molar-refractivity contribution in [2.45, 2.75) is 24.2 Å². The van der Waals surface area contributed by atoms with E-state index in [9.17, 15) is 13.2 Å². The largest absolute Gasteiger partial charge is 0.367 e. The predicted molar refractivity (Wildman–Crippen MR) is 119 cm³/mol. The van der Waals surface area contributed by atoms with Gasteiger partial charge in [-0.1, -0.05) is 12.1 Å². The summed E-state index contributed by atoms with van der Waals surface area (Å²) in [5.74, 6) is 0.496. The lowest BCUT2D eigenvalue weighted by Gasteiger charge is -2.37. The molecule has 2 N–H and O–H groups in total. The van der Waals surface area contributed by atoms with Crippen molar-refractivity contribution in [1.29, 1.82) is 0 Å². The molecule has 1 atom stereocenters. The van der Waals surface area contributed by atoms with Crippen molar-refractivity contribution in [2.75, 3.05) is 51.2 Å². The minimum absolute atomic E-state index is 0. The number of rotatable bonds is 4. The van der Waals surface area contributed by atoms with E-state index in [-0.39, 0.29) is 36.1 Å². The zero-order valence-electron chi connectivity index (χ0n) is 16.6. The van der Waals surface area contributed by atoms with E-state index in [1.807, 2.05) is 17.0 Å². The van der Waals surface area contributed by atoms with Crippen LogP contribution in [0.4, 0.5) is 5.69 Å². The highest BCUT2D eigenvalue weighted by Crippen LogP contribution is 2.59. The van der Waals surface area contributed by atoms with Crippen molar-refractivity contribution in [3.05, 3.63) is 24.3 Å². The second-order valence-corrected chi connectivity index (χ2v) is 9.71. The monoisotopic (exact) mass is 464 g/mol. The van der Waals surface area contributed by atoms with E-state index in [1.165, 1.54) is 7.05 Å². The minimum atomic E-state index is -3.51. The molecule has 1 aromatic carbocycles. The van der Waals surface area contributed by atoms with Gasteiger partial charge >= 0.3 is 0 Å². The standard InChI is InChI=1S/C19H28N4O3S.2ClH/c1-20-27(25,26)17-5-3-2-4-16(17)22-10-12-23(13-11-22)18(24)15-14-19(15)6-8-21-9-7-19;;/h2-5,15,20-21H,6-14H2,1H3;2*1H. The number of carbonyl (C=O) groups excluding carboxylic acids is 1. The van der Waals surface area contributed by atoms with Crippen LogP contribution in [0.1, 0.15) is 19.3 Å². The number of nitrogens with zero attached hydrogens (tertiary/aromatic N) is 2. The summed E-state index contributed by atoms with van der Waals surface area (Å²) in [5, 5.41) is 3.38. The molecule has 1 spiro atoms. The van der Waals surface area contributed by atoms with Crippen molar-refractivity contribution >= 4 is 46.4 Å². The second kappa shape index (κ2) is 9.39. The first kappa shape index (κ1) is 24.2. The van der Waals surface area contributed by atoms with Gasteiger partial charge < -0.3 is 15.1 Å². The van der Waals surface area contributed by atoms with Crippen LogP contribution in [0.3, 0.4) is 0 Å². The number of sulfonamides is 1. The highest BCUT2D eigenvalue weighted by molar-refractivity contribution is 7.89. The number of piperazine rings is 1. The van der Waals surface area contributed by atoms with Crippen molar-refractivity contribution in [3.8, 4) is 0 Å². The molecule has 1 saturated carbocycles. The third-order valence-electron chi connectivity index (χ3n) is 6.44. The fraction of sp³-hybridized carbons (Fsp3) is 0.632. The van der Waals surface area contributed by atoms with Gasteiger partial charge in [0.25, 0.3) is 0 Å². The third-order valence-corrected chi connectivity index (χ3v) is 7.90. The maximum Gasteiger partial charge on any atom is 0.242 e. The fourth-order valence-corrected chi connectivity index (χ4v) is 5.57. The molecular weight excluding hydrogens is 435 g/mol. The van der Waals surface area contributed by atoms with Crippen LogP contribution in [0.5, 0.6) is 0 Å². The van der Waals surface area contributed by atoms with E-state index < -0.39 is 10.0 Å². The Morgan fingerprint density at radius 3 is 2.34 bits per heavy atom. The van der Waals surface area contributed by atoms with Crippen molar-refractivity contribution in [1.82, 2.24) is 14.9 Å². The Labute approximate surface area is 185 Å². The Morgan fingerprint density at radius 1 is 1.10 bits per heavy atom. The molecular formula is C19H30Cl2N4O3S. The number of hydrogen-bond donors (Lipinski definition) is 2. The molecule has 2 heterocycles. The van der Waals surface area contributed by atoms with Crippen molar-refractivity contribution in [3.63, 3.8) is 0 Å². The highest BCUT2D eigenvalue weighted by atomic mass is 35.5. The molecule has 0 bridgehead atoms. The lowest BCUT2D eigenvalue weighted by Crippen LogP contribution is -2.50.